The van der Waals surface area contributed by atoms with E-state index >= 15 is 0 Å². The van der Waals surface area contributed by atoms with Crippen molar-refractivity contribution in [3.8, 4) is 0 Å². The lowest BCUT2D eigenvalue weighted by atomic mass is 9.88. The molecule has 1 amide bonds. The van der Waals surface area contributed by atoms with Gasteiger partial charge in [-0.3, -0.25) is 4.79 Å². The molecule has 0 atom stereocenters. The van der Waals surface area contributed by atoms with Crippen LogP contribution in [0.1, 0.15) is 117 Å². The summed E-state index contributed by atoms with van der Waals surface area (Å²) in [5.41, 5.74) is 0. The Morgan fingerprint density at radius 1 is 0.708 bits per heavy atom. The average Bonchev–Trinajstić information content (AvgIpc) is 2.62. The first-order valence-corrected chi connectivity index (χ1v) is 11.1. The summed E-state index contributed by atoms with van der Waals surface area (Å²) < 4.78 is 0. The summed E-state index contributed by atoms with van der Waals surface area (Å²) in [4.78, 5) is 15.1. The van der Waals surface area contributed by atoms with E-state index in [1.54, 1.807) is 0 Å². The summed E-state index contributed by atoms with van der Waals surface area (Å²) in [6.07, 6.45) is 20.5. The summed E-state index contributed by atoms with van der Waals surface area (Å²) >= 11 is 0. The number of carbonyl (C=O) groups is 1. The van der Waals surface area contributed by atoms with Crippen LogP contribution in [0, 0.1) is 5.92 Å². The summed E-state index contributed by atoms with van der Waals surface area (Å²) in [7, 11) is 0. The summed E-state index contributed by atoms with van der Waals surface area (Å²) in [6, 6.07) is 0. The second-order valence-electron chi connectivity index (χ2n) is 7.84. The molecule has 24 heavy (non-hydrogen) atoms. The van der Waals surface area contributed by atoms with Crippen molar-refractivity contribution in [2.45, 2.75) is 117 Å². The maximum atomic E-state index is 12.9. The third-order valence-corrected chi connectivity index (χ3v) is 5.58. The molecule has 1 aliphatic rings. The van der Waals surface area contributed by atoms with Crippen LogP contribution in [-0.4, -0.2) is 23.9 Å². The second kappa shape index (κ2) is 14.8. The van der Waals surface area contributed by atoms with E-state index in [0.717, 1.165) is 25.9 Å². The zero-order chi connectivity index (χ0) is 17.5. The summed E-state index contributed by atoms with van der Waals surface area (Å²) in [5.74, 6) is 0.827. The predicted octanol–water partition coefficient (Wildman–Crippen LogP) is 6.73. The molecule has 1 aliphatic carbocycles. The minimum Gasteiger partial charge on any atom is -0.342 e. The van der Waals surface area contributed by atoms with Crippen molar-refractivity contribution in [3.63, 3.8) is 0 Å². The summed E-state index contributed by atoms with van der Waals surface area (Å²) in [6.45, 7) is 6.55. The highest BCUT2D eigenvalue weighted by Crippen LogP contribution is 2.26. The Kier molecular flexibility index (Phi) is 13.3. The Morgan fingerprint density at radius 2 is 1.17 bits per heavy atom. The van der Waals surface area contributed by atoms with Crippen LogP contribution in [0.3, 0.4) is 0 Å². The fraction of sp³-hybridized carbons (Fsp3) is 0.955. The van der Waals surface area contributed by atoms with Gasteiger partial charge in [0, 0.05) is 19.0 Å². The van der Waals surface area contributed by atoms with Gasteiger partial charge in [-0.15, -0.1) is 0 Å². The van der Waals surface area contributed by atoms with Gasteiger partial charge in [0.2, 0.25) is 5.91 Å². The molecule has 0 aromatic rings. The van der Waals surface area contributed by atoms with Crippen LogP contribution in [0.25, 0.3) is 0 Å². The lowest BCUT2D eigenvalue weighted by Crippen LogP contribution is -2.38. The lowest BCUT2D eigenvalue weighted by Gasteiger charge is -2.29. The third kappa shape index (κ3) is 9.69. The third-order valence-electron chi connectivity index (χ3n) is 5.58. The van der Waals surface area contributed by atoms with Gasteiger partial charge in [-0.25, -0.2) is 0 Å². The van der Waals surface area contributed by atoms with E-state index in [9.17, 15) is 4.79 Å². The molecule has 2 heteroatoms. The second-order valence-corrected chi connectivity index (χ2v) is 7.84. The molecule has 0 heterocycles. The van der Waals surface area contributed by atoms with Crippen LogP contribution < -0.4 is 0 Å². The average molecular weight is 338 g/mol. The molecule has 0 unspecified atom stereocenters. The molecular formula is C22H43NO. The van der Waals surface area contributed by atoms with Crippen LogP contribution in [0.2, 0.25) is 0 Å². The van der Waals surface area contributed by atoms with Crippen LogP contribution in [0.4, 0.5) is 0 Å². The molecule has 0 N–H and O–H groups in total. The van der Waals surface area contributed by atoms with E-state index in [1.807, 2.05) is 0 Å². The van der Waals surface area contributed by atoms with Gasteiger partial charge in [0.05, 0.1) is 0 Å². The van der Waals surface area contributed by atoms with Crippen molar-refractivity contribution in [1.29, 1.82) is 0 Å². The topological polar surface area (TPSA) is 20.3 Å². The fourth-order valence-corrected chi connectivity index (χ4v) is 3.93. The number of carbonyl (C=O) groups excluding carboxylic acids is 1. The van der Waals surface area contributed by atoms with E-state index in [1.165, 1.54) is 89.9 Å². The van der Waals surface area contributed by atoms with Gasteiger partial charge in [0.15, 0.2) is 0 Å². The first kappa shape index (κ1) is 21.5. The van der Waals surface area contributed by atoms with E-state index in [4.69, 9.17) is 0 Å². The van der Waals surface area contributed by atoms with Crippen molar-refractivity contribution in [1.82, 2.24) is 4.90 Å². The molecular weight excluding hydrogens is 294 g/mol. The minimum atomic E-state index is 0.342. The zero-order valence-corrected chi connectivity index (χ0v) is 16.7. The van der Waals surface area contributed by atoms with E-state index in [-0.39, 0.29) is 0 Å². The lowest BCUT2D eigenvalue weighted by molar-refractivity contribution is -0.136. The van der Waals surface area contributed by atoms with Gasteiger partial charge < -0.3 is 4.90 Å². The predicted molar refractivity (Wildman–Crippen MR) is 105 cm³/mol. The number of hydrogen-bond donors (Lipinski definition) is 0. The van der Waals surface area contributed by atoms with Crippen molar-refractivity contribution in [2.24, 2.45) is 5.92 Å². The molecule has 142 valence electrons. The van der Waals surface area contributed by atoms with E-state index < -0.39 is 0 Å². The van der Waals surface area contributed by atoms with Crippen molar-refractivity contribution < 1.29 is 4.79 Å². The molecule has 0 aliphatic heterocycles. The van der Waals surface area contributed by atoms with Gasteiger partial charge in [-0.2, -0.15) is 0 Å². The van der Waals surface area contributed by atoms with Gasteiger partial charge in [-0.1, -0.05) is 90.9 Å². The molecule has 2 nitrogen and oxygen atoms in total. The number of amides is 1. The van der Waals surface area contributed by atoms with Gasteiger partial charge in [-0.05, 0) is 25.7 Å². The van der Waals surface area contributed by atoms with E-state index in [2.05, 4.69) is 18.7 Å². The van der Waals surface area contributed by atoms with Crippen molar-refractivity contribution >= 4 is 5.91 Å². The largest absolute Gasteiger partial charge is 0.342 e. The molecule has 1 rings (SSSR count). The minimum absolute atomic E-state index is 0.342. The zero-order valence-electron chi connectivity index (χ0n) is 16.7. The fourth-order valence-electron chi connectivity index (χ4n) is 3.93. The smallest absolute Gasteiger partial charge is 0.225 e. The molecule has 1 fully saturated rings. The molecule has 0 bridgehead atoms. The highest BCUT2D eigenvalue weighted by molar-refractivity contribution is 5.78. The van der Waals surface area contributed by atoms with Crippen LogP contribution in [0.15, 0.2) is 0 Å². The molecule has 0 radical (unpaired) electrons. The van der Waals surface area contributed by atoms with Gasteiger partial charge in [0.25, 0.3) is 0 Å². The number of hydrogen-bond acceptors (Lipinski definition) is 1. The number of unbranched alkanes of at least 4 members (excludes halogenated alkanes) is 9. The Balaban J connectivity index is 2.32. The highest BCUT2D eigenvalue weighted by atomic mass is 16.2. The Labute approximate surface area is 151 Å². The Morgan fingerprint density at radius 3 is 1.67 bits per heavy atom. The quantitative estimate of drug-likeness (QED) is 0.322. The van der Waals surface area contributed by atoms with Gasteiger partial charge >= 0.3 is 0 Å². The Bertz CT molecular complexity index is 296. The number of nitrogens with zero attached hydrogens (tertiary/aromatic N) is 1. The van der Waals surface area contributed by atoms with Crippen LogP contribution in [0.5, 0.6) is 0 Å². The molecule has 0 spiro atoms. The SMILES string of the molecule is CCCCCCCCN(CCCCCCC)C(=O)C1CCCCC1. The molecule has 1 saturated carbocycles. The molecule has 0 aromatic heterocycles. The Hall–Kier alpha value is -0.530. The molecule has 0 aromatic carbocycles. The first-order chi connectivity index (χ1) is 11.8. The maximum Gasteiger partial charge on any atom is 0.225 e. The highest BCUT2D eigenvalue weighted by Gasteiger charge is 2.25. The van der Waals surface area contributed by atoms with Gasteiger partial charge in [0.1, 0.15) is 0 Å². The standard InChI is InChI=1S/C22H43NO/c1-3-5-7-9-11-16-20-23(19-15-10-8-6-4-2)22(24)21-17-13-12-14-18-21/h21H,3-20H2,1-2H3. The first-order valence-electron chi connectivity index (χ1n) is 11.1. The maximum absolute atomic E-state index is 12.9. The van der Waals surface area contributed by atoms with Crippen molar-refractivity contribution in [3.05, 3.63) is 0 Å². The van der Waals surface area contributed by atoms with Crippen LogP contribution >= 0.6 is 0 Å². The normalized spacial score (nSPS) is 15.6. The van der Waals surface area contributed by atoms with Crippen molar-refractivity contribution in [2.75, 3.05) is 13.1 Å². The number of rotatable bonds is 14. The van der Waals surface area contributed by atoms with Crippen LogP contribution in [-0.2, 0) is 4.79 Å². The summed E-state index contributed by atoms with van der Waals surface area (Å²) in [5, 5.41) is 0. The van der Waals surface area contributed by atoms with E-state index in [0.29, 0.717) is 11.8 Å². The monoisotopic (exact) mass is 337 g/mol. The molecule has 0 saturated heterocycles.